The third-order valence-corrected chi connectivity index (χ3v) is 7.32. The van der Waals surface area contributed by atoms with Crippen LogP contribution in [0.3, 0.4) is 0 Å². The average Bonchev–Trinajstić information content (AvgIpc) is 3.48. The number of nitrogens with zero attached hydrogens (tertiary/aromatic N) is 3. The van der Waals surface area contributed by atoms with Crippen molar-refractivity contribution in [3.63, 3.8) is 0 Å². The van der Waals surface area contributed by atoms with Crippen molar-refractivity contribution in [1.29, 1.82) is 0 Å². The van der Waals surface area contributed by atoms with Crippen molar-refractivity contribution in [2.45, 2.75) is 38.3 Å². The minimum atomic E-state index is -0.364. The molecule has 0 radical (unpaired) electrons. The van der Waals surface area contributed by atoms with Gasteiger partial charge in [-0.2, -0.15) is 0 Å². The first-order valence-electron chi connectivity index (χ1n) is 12.0. The highest BCUT2D eigenvalue weighted by Crippen LogP contribution is 2.29. The summed E-state index contributed by atoms with van der Waals surface area (Å²) in [5, 5.41) is 0.962. The maximum atomic E-state index is 11.8. The maximum absolute atomic E-state index is 11.8. The number of aryl methyl sites for hydroxylation is 1. The first-order valence-corrected chi connectivity index (χ1v) is 12.7. The van der Waals surface area contributed by atoms with Gasteiger partial charge in [-0.15, -0.1) is 0 Å². The average molecular weight is 524 g/mol. The van der Waals surface area contributed by atoms with Crippen LogP contribution in [-0.2, 0) is 18.3 Å². The van der Waals surface area contributed by atoms with Crippen LogP contribution in [-0.4, -0.2) is 28.3 Å². The fourth-order valence-electron chi connectivity index (χ4n) is 4.66. The van der Waals surface area contributed by atoms with Crippen molar-refractivity contribution in [2.75, 3.05) is 7.11 Å². The number of esters is 1. The van der Waals surface area contributed by atoms with Gasteiger partial charge < -0.3 is 18.6 Å². The number of aromatic nitrogens is 2. The summed E-state index contributed by atoms with van der Waals surface area (Å²) in [5.41, 5.74) is 4.88. The molecular formula is C28H27Cl2N3O3. The Hall–Kier alpha value is -3.22. The SMILES string of the molecule is COC(=O)c1ccc(Cn2c(=Nc3ccc(OC4CCCC4)cc3)n(C)c3cc(Cl)c(Cl)cc32)cc1. The lowest BCUT2D eigenvalue weighted by molar-refractivity contribution is 0.0600. The smallest absolute Gasteiger partial charge is 0.337 e. The van der Waals surface area contributed by atoms with Crippen molar-refractivity contribution in [1.82, 2.24) is 9.13 Å². The summed E-state index contributed by atoms with van der Waals surface area (Å²) in [6, 6.07) is 18.9. The molecule has 0 atom stereocenters. The first kappa shape index (κ1) is 24.5. The Kier molecular flexibility index (Phi) is 7.08. The van der Waals surface area contributed by atoms with Crippen molar-refractivity contribution in [3.8, 4) is 5.75 Å². The quantitative estimate of drug-likeness (QED) is 0.265. The van der Waals surface area contributed by atoms with Crippen LogP contribution in [0.4, 0.5) is 5.69 Å². The van der Waals surface area contributed by atoms with E-state index in [0.29, 0.717) is 28.3 Å². The molecule has 0 aliphatic heterocycles. The van der Waals surface area contributed by atoms with E-state index in [-0.39, 0.29) is 5.97 Å². The zero-order valence-electron chi connectivity index (χ0n) is 20.2. The number of hydrogen-bond donors (Lipinski definition) is 0. The Morgan fingerprint density at radius 1 is 0.972 bits per heavy atom. The summed E-state index contributed by atoms with van der Waals surface area (Å²) in [4.78, 5) is 16.8. The second-order valence-corrected chi connectivity index (χ2v) is 9.83. The highest BCUT2D eigenvalue weighted by atomic mass is 35.5. The Morgan fingerprint density at radius 2 is 1.61 bits per heavy atom. The van der Waals surface area contributed by atoms with E-state index in [9.17, 15) is 4.79 Å². The normalized spacial score (nSPS) is 14.5. The number of carbonyl (C=O) groups is 1. The van der Waals surface area contributed by atoms with Crippen molar-refractivity contribution in [2.24, 2.45) is 12.0 Å². The second-order valence-electron chi connectivity index (χ2n) is 9.02. The fourth-order valence-corrected chi connectivity index (χ4v) is 4.97. The van der Waals surface area contributed by atoms with Gasteiger partial charge in [0.15, 0.2) is 0 Å². The molecule has 0 bridgehead atoms. The van der Waals surface area contributed by atoms with Gasteiger partial charge in [0.25, 0.3) is 0 Å². The largest absolute Gasteiger partial charge is 0.490 e. The van der Waals surface area contributed by atoms with E-state index >= 15 is 0 Å². The van der Waals surface area contributed by atoms with Gasteiger partial charge in [0.1, 0.15) is 5.75 Å². The van der Waals surface area contributed by atoms with Gasteiger partial charge >= 0.3 is 5.97 Å². The molecule has 1 aliphatic rings. The van der Waals surface area contributed by atoms with Gasteiger partial charge in [0, 0.05) is 7.05 Å². The lowest BCUT2D eigenvalue weighted by Gasteiger charge is -2.12. The highest BCUT2D eigenvalue weighted by molar-refractivity contribution is 6.42. The maximum Gasteiger partial charge on any atom is 0.337 e. The third-order valence-electron chi connectivity index (χ3n) is 6.60. The predicted molar refractivity (Wildman–Crippen MR) is 142 cm³/mol. The summed E-state index contributed by atoms with van der Waals surface area (Å²) < 4.78 is 15.0. The number of rotatable bonds is 6. The molecule has 6 nitrogen and oxygen atoms in total. The summed E-state index contributed by atoms with van der Waals surface area (Å²) in [6.07, 6.45) is 5.02. The molecule has 3 aromatic carbocycles. The summed E-state index contributed by atoms with van der Waals surface area (Å²) in [7, 11) is 3.33. The summed E-state index contributed by atoms with van der Waals surface area (Å²) in [5.74, 6) is 0.506. The van der Waals surface area contributed by atoms with Crippen LogP contribution in [0.15, 0.2) is 65.7 Å². The molecule has 1 heterocycles. The predicted octanol–water partition coefficient (Wildman–Crippen LogP) is 6.68. The number of methoxy groups -OCH3 is 1. The molecule has 0 N–H and O–H groups in total. The van der Waals surface area contributed by atoms with Gasteiger partial charge in [0.2, 0.25) is 5.62 Å². The number of benzene rings is 3. The fraction of sp³-hybridized carbons (Fsp3) is 0.286. The standard InChI is InChI=1S/C28H27Cl2N3O3/c1-32-25-15-23(29)24(30)16-26(25)33(17-18-7-9-19(10-8-18)27(34)35-2)28(32)31-20-11-13-22(14-12-20)36-21-5-3-4-6-21/h7-16,21H,3-6,17H2,1-2H3. The summed E-state index contributed by atoms with van der Waals surface area (Å²) >= 11 is 12.7. The molecule has 4 aromatic rings. The molecule has 36 heavy (non-hydrogen) atoms. The van der Waals surface area contributed by atoms with Crippen LogP contribution in [0, 0.1) is 0 Å². The van der Waals surface area contributed by atoms with Gasteiger partial charge in [-0.25, -0.2) is 9.79 Å². The van der Waals surface area contributed by atoms with Gasteiger partial charge in [-0.3, -0.25) is 0 Å². The van der Waals surface area contributed by atoms with Crippen molar-refractivity contribution in [3.05, 3.63) is 87.5 Å². The third kappa shape index (κ3) is 5.01. The number of hydrogen-bond acceptors (Lipinski definition) is 4. The zero-order chi connectivity index (χ0) is 25.2. The molecule has 8 heteroatoms. The molecule has 186 valence electrons. The van der Waals surface area contributed by atoms with E-state index in [0.717, 1.165) is 46.5 Å². The van der Waals surface area contributed by atoms with E-state index in [2.05, 4.69) is 4.57 Å². The Bertz CT molecular complexity index is 1470. The molecule has 0 unspecified atom stereocenters. The van der Waals surface area contributed by atoms with Crippen molar-refractivity contribution >= 4 is 45.9 Å². The van der Waals surface area contributed by atoms with Crippen molar-refractivity contribution < 1.29 is 14.3 Å². The van der Waals surface area contributed by atoms with Crippen LogP contribution in [0.1, 0.15) is 41.6 Å². The van der Waals surface area contributed by atoms with Gasteiger partial charge in [0.05, 0.1) is 52.1 Å². The number of ether oxygens (including phenoxy) is 2. The van der Waals surface area contributed by atoms with Crippen LogP contribution >= 0.6 is 23.2 Å². The first-order chi connectivity index (χ1) is 17.4. The Balaban J connectivity index is 1.54. The molecular weight excluding hydrogens is 497 g/mol. The van der Waals surface area contributed by atoms with E-state index in [1.807, 2.05) is 60.1 Å². The number of imidazole rings is 1. The monoisotopic (exact) mass is 523 g/mol. The number of fused-ring (bicyclic) bond motifs is 1. The molecule has 1 fully saturated rings. The minimum Gasteiger partial charge on any atom is -0.490 e. The molecule has 0 spiro atoms. The second kappa shape index (κ2) is 10.4. The zero-order valence-corrected chi connectivity index (χ0v) is 21.7. The molecule has 0 amide bonds. The van der Waals surface area contributed by atoms with Crippen LogP contribution in [0.25, 0.3) is 11.0 Å². The topological polar surface area (TPSA) is 57.8 Å². The van der Waals surface area contributed by atoms with E-state index in [1.54, 1.807) is 12.1 Å². The van der Waals surface area contributed by atoms with Crippen LogP contribution in [0.5, 0.6) is 5.75 Å². The summed E-state index contributed by atoms with van der Waals surface area (Å²) in [6.45, 7) is 0.526. The lowest BCUT2D eigenvalue weighted by atomic mass is 10.1. The number of carbonyl (C=O) groups excluding carboxylic acids is 1. The van der Waals surface area contributed by atoms with Crippen LogP contribution < -0.4 is 10.4 Å². The van der Waals surface area contributed by atoms with E-state index in [4.69, 9.17) is 37.7 Å². The van der Waals surface area contributed by atoms with E-state index in [1.165, 1.54) is 20.0 Å². The Labute approximate surface area is 219 Å². The number of halogens is 2. The molecule has 1 aromatic heterocycles. The molecule has 5 rings (SSSR count). The highest BCUT2D eigenvalue weighted by Gasteiger charge is 2.17. The Morgan fingerprint density at radius 3 is 2.25 bits per heavy atom. The van der Waals surface area contributed by atoms with Gasteiger partial charge in [-0.1, -0.05) is 35.3 Å². The van der Waals surface area contributed by atoms with Gasteiger partial charge in [-0.05, 0) is 79.8 Å². The molecule has 0 saturated heterocycles. The van der Waals surface area contributed by atoms with Crippen LogP contribution in [0.2, 0.25) is 10.0 Å². The molecule has 1 saturated carbocycles. The lowest BCUT2D eigenvalue weighted by Crippen LogP contribution is -2.24. The van der Waals surface area contributed by atoms with E-state index < -0.39 is 0 Å². The minimum absolute atomic E-state index is 0.313. The molecule has 1 aliphatic carbocycles.